The molecule has 0 aliphatic carbocycles. The average Bonchev–Trinajstić information content (AvgIpc) is 2.45. The minimum atomic E-state index is -1.25. The first-order chi connectivity index (χ1) is 9.63. The van der Waals surface area contributed by atoms with E-state index in [1.165, 1.54) is 0 Å². The summed E-state index contributed by atoms with van der Waals surface area (Å²) < 4.78 is 4.93. The van der Waals surface area contributed by atoms with Crippen LogP contribution in [0, 0.1) is 11.8 Å². The van der Waals surface area contributed by atoms with Crippen LogP contribution in [0.4, 0.5) is 4.79 Å². The van der Waals surface area contributed by atoms with Crippen molar-refractivity contribution in [2.75, 3.05) is 0 Å². The third-order valence-electron chi connectivity index (χ3n) is 2.34. The Morgan fingerprint density at radius 1 is 1.35 bits per heavy atom. The van der Waals surface area contributed by atoms with E-state index < -0.39 is 18.1 Å². The zero-order valence-electron chi connectivity index (χ0n) is 11.3. The number of carboxylic acid groups (broad SMARTS) is 1. The van der Waals surface area contributed by atoms with Crippen molar-refractivity contribution in [1.29, 1.82) is 0 Å². The van der Waals surface area contributed by atoms with Crippen molar-refractivity contribution >= 4 is 12.1 Å². The van der Waals surface area contributed by atoms with Crippen molar-refractivity contribution in [3.8, 4) is 11.8 Å². The van der Waals surface area contributed by atoms with Gasteiger partial charge in [0.2, 0.25) is 0 Å². The van der Waals surface area contributed by atoms with E-state index in [2.05, 4.69) is 17.2 Å². The zero-order chi connectivity index (χ0) is 14.8. The second-order valence-electron chi connectivity index (χ2n) is 4.05. The number of nitrogens with one attached hydrogen (secondary N) is 1. The van der Waals surface area contributed by atoms with Gasteiger partial charge in [-0.3, -0.25) is 5.32 Å². The number of rotatable bonds is 5. The van der Waals surface area contributed by atoms with Crippen LogP contribution in [0.1, 0.15) is 25.3 Å². The number of aliphatic carboxylic acids is 1. The van der Waals surface area contributed by atoms with Gasteiger partial charge in [0, 0.05) is 6.42 Å². The molecule has 1 rings (SSSR count). The summed E-state index contributed by atoms with van der Waals surface area (Å²) in [6, 6.07) is 7.88. The van der Waals surface area contributed by atoms with Gasteiger partial charge in [-0.2, -0.15) is 0 Å². The molecule has 1 amide bonds. The van der Waals surface area contributed by atoms with E-state index in [1.54, 1.807) is 0 Å². The van der Waals surface area contributed by atoms with E-state index in [0.29, 0.717) is 6.42 Å². The SMILES string of the molecule is CCCC#CC(NC(=O)OCc1ccccc1)C(=O)O. The maximum atomic E-state index is 11.5. The Kier molecular flexibility index (Phi) is 6.69. The third-order valence-corrected chi connectivity index (χ3v) is 2.34. The number of benzene rings is 1. The first-order valence-electron chi connectivity index (χ1n) is 6.32. The lowest BCUT2D eigenvalue weighted by atomic mass is 10.2. The lowest BCUT2D eigenvalue weighted by Gasteiger charge is -2.09. The van der Waals surface area contributed by atoms with Crippen LogP contribution in [0.5, 0.6) is 0 Å². The summed E-state index contributed by atoms with van der Waals surface area (Å²) in [6.07, 6.45) is 0.620. The molecule has 0 bridgehead atoms. The summed E-state index contributed by atoms with van der Waals surface area (Å²) >= 11 is 0. The summed E-state index contributed by atoms with van der Waals surface area (Å²) in [5.74, 6) is 3.98. The summed E-state index contributed by atoms with van der Waals surface area (Å²) in [5, 5.41) is 11.1. The van der Waals surface area contributed by atoms with Crippen LogP contribution < -0.4 is 5.32 Å². The Hall–Kier alpha value is -2.48. The molecule has 5 nitrogen and oxygen atoms in total. The number of unbranched alkanes of at least 4 members (excludes halogenated alkanes) is 1. The van der Waals surface area contributed by atoms with E-state index in [-0.39, 0.29) is 6.61 Å². The predicted molar refractivity (Wildman–Crippen MR) is 73.9 cm³/mol. The van der Waals surface area contributed by atoms with Crippen LogP contribution in [-0.4, -0.2) is 23.2 Å². The van der Waals surface area contributed by atoms with Crippen LogP contribution in [-0.2, 0) is 16.1 Å². The van der Waals surface area contributed by atoms with E-state index >= 15 is 0 Å². The maximum absolute atomic E-state index is 11.5. The summed E-state index contributed by atoms with van der Waals surface area (Å²) in [4.78, 5) is 22.4. The molecule has 0 aromatic heterocycles. The minimum Gasteiger partial charge on any atom is -0.479 e. The van der Waals surface area contributed by atoms with E-state index in [1.807, 2.05) is 37.3 Å². The number of alkyl carbamates (subject to hydrolysis) is 1. The average molecular weight is 275 g/mol. The molecule has 5 heteroatoms. The normalized spacial score (nSPS) is 10.8. The molecular formula is C15H17NO4. The van der Waals surface area contributed by atoms with Gasteiger partial charge in [-0.1, -0.05) is 43.2 Å². The molecule has 0 saturated carbocycles. The first-order valence-corrected chi connectivity index (χ1v) is 6.32. The van der Waals surface area contributed by atoms with Crippen LogP contribution in [0.3, 0.4) is 0 Å². The van der Waals surface area contributed by atoms with Gasteiger partial charge in [-0.25, -0.2) is 9.59 Å². The molecule has 0 heterocycles. The van der Waals surface area contributed by atoms with Gasteiger partial charge in [0.05, 0.1) is 0 Å². The van der Waals surface area contributed by atoms with Crippen LogP contribution in [0.2, 0.25) is 0 Å². The fraction of sp³-hybridized carbons (Fsp3) is 0.333. The summed E-state index contributed by atoms with van der Waals surface area (Å²) in [6.45, 7) is 2.02. The van der Waals surface area contributed by atoms with Crippen molar-refractivity contribution in [3.05, 3.63) is 35.9 Å². The molecule has 1 aromatic carbocycles. The van der Waals surface area contributed by atoms with E-state index in [0.717, 1.165) is 12.0 Å². The smallest absolute Gasteiger partial charge is 0.408 e. The van der Waals surface area contributed by atoms with E-state index in [4.69, 9.17) is 9.84 Å². The highest BCUT2D eigenvalue weighted by Crippen LogP contribution is 2.00. The van der Waals surface area contributed by atoms with Gasteiger partial charge in [0.1, 0.15) is 6.61 Å². The highest BCUT2D eigenvalue weighted by molar-refractivity contribution is 5.83. The Morgan fingerprint density at radius 2 is 2.05 bits per heavy atom. The Balaban J connectivity index is 2.46. The molecule has 20 heavy (non-hydrogen) atoms. The Bertz CT molecular complexity index is 502. The van der Waals surface area contributed by atoms with Crippen LogP contribution in [0.25, 0.3) is 0 Å². The van der Waals surface area contributed by atoms with Gasteiger partial charge in [-0.15, -0.1) is 5.92 Å². The van der Waals surface area contributed by atoms with Crippen molar-refractivity contribution in [1.82, 2.24) is 5.32 Å². The van der Waals surface area contributed by atoms with Crippen molar-refractivity contribution in [2.24, 2.45) is 0 Å². The molecule has 1 aromatic rings. The molecule has 1 unspecified atom stereocenters. The number of hydrogen-bond acceptors (Lipinski definition) is 3. The van der Waals surface area contributed by atoms with Crippen LogP contribution in [0.15, 0.2) is 30.3 Å². The lowest BCUT2D eigenvalue weighted by Crippen LogP contribution is -2.40. The molecular weight excluding hydrogens is 258 g/mol. The number of amides is 1. The summed E-state index contributed by atoms with van der Waals surface area (Å²) in [7, 11) is 0. The highest BCUT2D eigenvalue weighted by Gasteiger charge is 2.17. The fourth-order valence-corrected chi connectivity index (χ4v) is 1.34. The lowest BCUT2D eigenvalue weighted by molar-refractivity contribution is -0.137. The molecule has 106 valence electrons. The minimum absolute atomic E-state index is 0.0847. The summed E-state index contributed by atoms with van der Waals surface area (Å²) in [5.41, 5.74) is 0.826. The zero-order valence-corrected chi connectivity index (χ0v) is 11.3. The second kappa shape index (κ2) is 8.59. The van der Waals surface area contributed by atoms with Gasteiger partial charge >= 0.3 is 12.1 Å². The fourth-order valence-electron chi connectivity index (χ4n) is 1.34. The number of carbonyl (C=O) groups excluding carboxylic acids is 1. The molecule has 0 aliphatic rings. The van der Waals surface area contributed by atoms with E-state index in [9.17, 15) is 9.59 Å². The topological polar surface area (TPSA) is 75.6 Å². The van der Waals surface area contributed by atoms with Crippen molar-refractivity contribution in [3.63, 3.8) is 0 Å². The molecule has 0 aliphatic heterocycles. The first kappa shape index (κ1) is 15.6. The molecule has 0 saturated heterocycles. The van der Waals surface area contributed by atoms with Crippen molar-refractivity contribution < 1.29 is 19.4 Å². The molecule has 0 radical (unpaired) electrons. The molecule has 0 spiro atoms. The van der Waals surface area contributed by atoms with Crippen LogP contribution >= 0.6 is 0 Å². The maximum Gasteiger partial charge on any atom is 0.408 e. The third kappa shape index (κ3) is 5.91. The number of carboxylic acids is 1. The Morgan fingerprint density at radius 3 is 2.65 bits per heavy atom. The van der Waals surface area contributed by atoms with Gasteiger partial charge in [0.15, 0.2) is 6.04 Å². The molecule has 2 N–H and O–H groups in total. The largest absolute Gasteiger partial charge is 0.479 e. The number of ether oxygens (including phenoxy) is 1. The second-order valence-corrected chi connectivity index (χ2v) is 4.05. The Labute approximate surface area is 117 Å². The molecule has 0 fully saturated rings. The number of carbonyl (C=O) groups is 2. The monoisotopic (exact) mass is 275 g/mol. The van der Waals surface area contributed by atoms with Gasteiger partial charge in [-0.05, 0) is 12.0 Å². The van der Waals surface area contributed by atoms with Crippen molar-refractivity contribution in [2.45, 2.75) is 32.4 Å². The highest BCUT2D eigenvalue weighted by atomic mass is 16.5. The van der Waals surface area contributed by atoms with Gasteiger partial charge < -0.3 is 9.84 Å². The number of hydrogen-bond donors (Lipinski definition) is 2. The molecule has 1 atom stereocenters. The standard InChI is InChI=1S/C15H17NO4/c1-2-3-5-10-13(14(17)18)16-15(19)20-11-12-8-6-4-7-9-12/h4,6-9,13H,2-3,11H2,1H3,(H,16,19)(H,17,18). The van der Waals surface area contributed by atoms with Gasteiger partial charge in [0.25, 0.3) is 0 Å². The predicted octanol–water partition coefficient (Wildman–Crippen LogP) is 2.17. The quantitative estimate of drug-likeness (QED) is 0.807.